The van der Waals surface area contributed by atoms with Crippen molar-refractivity contribution in [3.63, 3.8) is 0 Å². The van der Waals surface area contributed by atoms with Crippen LogP contribution in [0.5, 0.6) is 0 Å². The van der Waals surface area contributed by atoms with Crippen molar-refractivity contribution in [2.75, 3.05) is 11.1 Å². The van der Waals surface area contributed by atoms with Crippen LogP contribution in [-0.2, 0) is 0 Å². The van der Waals surface area contributed by atoms with Gasteiger partial charge in [-0.1, -0.05) is 11.3 Å². The molecule has 7 heteroatoms. The molecule has 2 rings (SSSR count). The third kappa shape index (κ3) is 2.03. The molecule has 0 aliphatic carbocycles. The lowest BCUT2D eigenvalue weighted by molar-refractivity contribution is 0.102. The highest BCUT2D eigenvalue weighted by atomic mass is 32.1. The molecule has 2 heterocycles. The van der Waals surface area contributed by atoms with Crippen LogP contribution in [0.4, 0.5) is 10.9 Å². The SMILES string of the molecule is Cc1cc(NC(=O)c2sc(N)nc2C)n[nH]1. The molecule has 2 aromatic rings. The second kappa shape index (κ2) is 3.93. The van der Waals surface area contributed by atoms with Crippen molar-refractivity contribution in [2.45, 2.75) is 13.8 Å². The van der Waals surface area contributed by atoms with Gasteiger partial charge in [-0.05, 0) is 13.8 Å². The number of hydrogen-bond acceptors (Lipinski definition) is 5. The molecule has 6 nitrogen and oxygen atoms in total. The lowest BCUT2D eigenvalue weighted by Gasteiger charge is -1.98. The first kappa shape index (κ1) is 10.6. The number of nitrogens with one attached hydrogen (secondary N) is 2. The van der Waals surface area contributed by atoms with Gasteiger partial charge in [0.15, 0.2) is 10.9 Å². The third-order valence-electron chi connectivity index (χ3n) is 1.97. The largest absolute Gasteiger partial charge is 0.375 e. The van der Waals surface area contributed by atoms with Crippen LogP contribution in [-0.4, -0.2) is 21.1 Å². The standard InChI is InChI=1S/C9H11N5OS/c1-4-3-6(14-13-4)12-8(15)7-5(2)11-9(10)16-7/h3H,1-2H3,(H2,10,11)(H2,12,13,14,15). The monoisotopic (exact) mass is 237 g/mol. The molecule has 0 saturated carbocycles. The summed E-state index contributed by atoms with van der Waals surface area (Å²) in [4.78, 5) is 16.3. The van der Waals surface area contributed by atoms with E-state index in [0.717, 1.165) is 5.69 Å². The van der Waals surface area contributed by atoms with Crippen molar-refractivity contribution in [3.05, 3.63) is 22.3 Å². The van der Waals surface area contributed by atoms with E-state index in [0.29, 0.717) is 21.5 Å². The number of thiazole rings is 1. The van der Waals surface area contributed by atoms with Gasteiger partial charge < -0.3 is 11.1 Å². The number of nitrogen functional groups attached to an aromatic ring is 1. The summed E-state index contributed by atoms with van der Waals surface area (Å²) in [5, 5.41) is 9.71. The molecule has 0 bridgehead atoms. The van der Waals surface area contributed by atoms with Crippen LogP contribution >= 0.6 is 11.3 Å². The molecule has 0 fully saturated rings. The van der Waals surface area contributed by atoms with Crippen LogP contribution in [0.2, 0.25) is 0 Å². The van der Waals surface area contributed by atoms with Gasteiger partial charge in [0, 0.05) is 11.8 Å². The molecule has 84 valence electrons. The summed E-state index contributed by atoms with van der Waals surface area (Å²) in [6.45, 7) is 3.61. The summed E-state index contributed by atoms with van der Waals surface area (Å²) in [6.07, 6.45) is 0. The zero-order valence-electron chi connectivity index (χ0n) is 8.87. The van der Waals surface area contributed by atoms with E-state index < -0.39 is 0 Å². The van der Waals surface area contributed by atoms with E-state index in [1.165, 1.54) is 11.3 Å². The summed E-state index contributed by atoms with van der Waals surface area (Å²) in [6, 6.07) is 1.75. The molecule has 0 saturated heterocycles. The lowest BCUT2D eigenvalue weighted by atomic mass is 10.3. The van der Waals surface area contributed by atoms with Gasteiger partial charge in [-0.3, -0.25) is 9.89 Å². The number of anilines is 2. The summed E-state index contributed by atoms with van der Waals surface area (Å²) in [7, 11) is 0. The second-order valence-corrected chi connectivity index (χ2v) is 4.39. The molecule has 0 radical (unpaired) electrons. The summed E-state index contributed by atoms with van der Waals surface area (Å²) in [5.41, 5.74) is 7.04. The zero-order valence-corrected chi connectivity index (χ0v) is 9.68. The number of aromatic nitrogens is 3. The number of aromatic amines is 1. The number of carbonyl (C=O) groups is 1. The van der Waals surface area contributed by atoms with Crippen LogP contribution in [0.1, 0.15) is 21.1 Å². The molecule has 0 aliphatic rings. The van der Waals surface area contributed by atoms with Gasteiger partial charge in [-0.25, -0.2) is 4.98 Å². The van der Waals surface area contributed by atoms with E-state index in [-0.39, 0.29) is 5.91 Å². The van der Waals surface area contributed by atoms with Crippen molar-refractivity contribution in [3.8, 4) is 0 Å². The second-order valence-electron chi connectivity index (χ2n) is 3.36. The Balaban J connectivity index is 2.17. The Morgan fingerprint density at radius 3 is 2.81 bits per heavy atom. The number of aryl methyl sites for hydroxylation is 2. The highest BCUT2D eigenvalue weighted by Crippen LogP contribution is 2.20. The number of amides is 1. The zero-order chi connectivity index (χ0) is 11.7. The lowest BCUT2D eigenvalue weighted by Crippen LogP contribution is -2.11. The molecular weight excluding hydrogens is 226 g/mol. The highest BCUT2D eigenvalue weighted by Gasteiger charge is 2.15. The predicted octanol–water partition coefficient (Wildman–Crippen LogP) is 1.32. The number of hydrogen-bond donors (Lipinski definition) is 3. The van der Waals surface area contributed by atoms with Gasteiger partial charge in [-0.2, -0.15) is 5.10 Å². The first-order chi connectivity index (χ1) is 7.56. The van der Waals surface area contributed by atoms with E-state index >= 15 is 0 Å². The number of carbonyl (C=O) groups excluding carboxylic acids is 1. The van der Waals surface area contributed by atoms with Crippen LogP contribution in [0.15, 0.2) is 6.07 Å². The number of nitrogens with zero attached hydrogens (tertiary/aromatic N) is 2. The summed E-state index contributed by atoms with van der Waals surface area (Å²) in [5.74, 6) is 0.257. The summed E-state index contributed by atoms with van der Waals surface area (Å²) < 4.78 is 0. The molecule has 1 amide bonds. The normalized spacial score (nSPS) is 10.4. The van der Waals surface area contributed by atoms with E-state index in [1.54, 1.807) is 13.0 Å². The van der Waals surface area contributed by atoms with Crippen LogP contribution in [0.3, 0.4) is 0 Å². The minimum atomic E-state index is -0.238. The molecule has 0 unspecified atom stereocenters. The smallest absolute Gasteiger partial charge is 0.268 e. The average Bonchev–Trinajstić information content (AvgIpc) is 2.73. The maximum absolute atomic E-state index is 11.8. The maximum Gasteiger partial charge on any atom is 0.268 e. The van der Waals surface area contributed by atoms with E-state index in [4.69, 9.17) is 5.73 Å². The topological polar surface area (TPSA) is 96.7 Å². The Kier molecular flexibility index (Phi) is 2.61. The van der Waals surface area contributed by atoms with Crippen LogP contribution < -0.4 is 11.1 Å². The molecule has 0 aromatic carbocycles. The molecule has 2 aromatic heterocycles. The van der Waals surface area contributed by atoms with Crippen molar-refractivity contribution in [2.24, 2.45) is 0 Å². The molecular formula is C9H11N5OS. The highest BCUT2D eigenvalue weighted by molar-refractivity contribution is 7.17. The van der Waals surface area contributed by atoms with Gasteiger partial charge in [-0.15, -0.1) is 0 Å². The van der Waals surface area contributed by atoms with Crippen molar-refractivity contribution >= 4 is 28.2 Å². The van der Waals surface area contributed by atoms with Gasteiger partial charge in [0.1, 0.15) is 4.88 Å². The van der Waals surface area contributed by atoms with E-state index in [9.17, 15) is 4.79 Å². The Morgan fingerprint density at radius 1 is 1.56 bits per heavy atom. The van der Waals surface area contributed by atoms with E-state index in [2.05, 4.69) is 20.5 Å². The Morgan fingerprint density at radius 2 is 2.31 bits per heavy atom. The molecule has 0 aliphatic heterocycles. The maximum atomic E-state index is 11.8. The van der Waals surface area contributed by atoms with Gasteiger partial charge >= 0.3 is 0 Å². The number of nitrogens with two attached hydrogens (primary N) is 1. The number of rotatable bonds is 2. The fraction of sp³-hybridized carbons (Fsp3) is 0.222. The number of H-pyrrole nitrogens is 1. The molecule has 16 heavy (non-hydrogen) atoms. The van der Waals surface area contributed by atoms with Crippen molar-refractivity contribution in [1.29, 1.82) is 0 Å². The predicted molar refractivity (Wildman–Crippen MR) is 62.5 cm³/mol. The fourth-order valence-corrected chi connectivity index (χ4v) is 2.01. The fourth-order valence-electron chi connectivity index (χ4n) is 1.28. The minimum absolute atomic E-state index is 0.238. The molecule has 0 spiro atoms. The summed E-state index contributed by atoms with van der Waals surface area (Å²) >= 11 is 1.17. The van der Waals surface area contributed by atoms with E-state index in [1.807, 2.05) is 6.92 Å². The van der Waals surface area contributed by atoms with Crippen LogP contribution in [0, 0.1) is 13.8 Å². The average molecular weight is 237 g/mol. The van der Waals surface area contributed by atoms with Crippen LogP contribution in [0.25, 0.3) is 0 Å². The Labute approximate surface area is 95.9 Å². The van der Waals surface area contributed by atoms with Gasteiger partial charge in [0.25, 0.3) is 5.91 Å². The molecule has 4 N–H and O–H groups in total. The first-order valence-electron chi connectivity index (χ1n) is 4.62. The Hall–Kier alpha value is -1.89. The third-order valence-corrected chi connectivity index (χ3v) is 2.95. The van der Waals surface area contributed by atoms with Gasteiger partial charge in [0.05, 0.1) is 5.69 Å². The molecule has 0 atom stereocenters. The Bertz CT molecular complexity index is 530. The van der Waals surface area contributed by atoms with Crippen molar-refractivity contribution < 1.29 is 4.79 Å². The van der Waals surface area contributed by atoms with Gasteiger partial charge in [0.2, 0.25) is 0 Å². The van der Waals surface area contributed by atoms with Crippen molar-refractivity contribution in [1.82, 2.24) is 15.2 Å². The minimum Gasteiger partial charge on any atom is -0.375 e. The quantitative estimate of drug-likeness (QED) is 0.733. The first-order valence-corrected chi connectivity index (χ1v) is 5.44.